The molecule has 2 heterocycles. The van der Waals surface area contributed by atoms with Gasteiger partial charge in [-0.25, -0.2) is 0 Å². The minimum absolute atomic E-state index is 0.0159. The summed E-state index contributed by atoms with van der Waals surface area (Å²) in [4.78, 5) is 31.1. The standard InChI is InChI=1S/C30H41N3O4/c1-4-5-15-33-28(35)27(18-22(2)3)31-29(36)30(33)13-16-32(17-14-30)20-23-9-11-25(12-10-23)37-26-8-6-7-24(19-26)21-34/h6-12,19,22,27,34H,4-5,13-18,20-21H2,1-3H3,(H,31,36)/t27-/m0/s1. The predicted molar refractivity (Wildman–Crippen MR) is 144 cm³/mol. The van der Waals surface area contributed by atoms with E-state index in [9.17, 15) is 14.7 Å². The zero-order valence-corrected chi connectivity index (χ0v) is 22.4. The monoisotopic (exact) mass is 507 g/mol. The first kappa shape index (κ1) is 27.1. The molecular weight excluding hydrogens is 466 g/mol. The number of aliphatic hydroxyl groups excluding tert-OH is 1. The third kappa shape index (κ3) is 6.33. The summed E-state index contributed by atoms with van der Waals surface area (Å²) >= 11 is 0. The topological polar surface area (TPSA) is 82.1 Å². The van der Waals surface area contributed by atoms with Crippen LogP contribution in [0.5, 0.6) is 11.5 Å². The van der Waals surface area contributed by atoms with Crippen LogP contribution in [0, 0.1) is 5.92 Å². The number of hydrogen-bond acceptors (Lipinski definition) is 5. The number of hydrogen-bond donors (Lipinski definition) is 2. The zero-order chi connectivity index (χ0) is 26.4. The van der Waals surface area contributed by atoms with Gasteiger partial charge >= 0.3 is 0 Å². The molecule has 0 aromatic heterocycles. The van der Waals surface area contributed by atoms with Crippen molar-refractivity contribution < 1.29 is 19.4 Å². The summed E-state index contributed by atoms with van der Waals surface area (Å²) in [5, 5.41) is 12.4. The van der Waals surface area contributed by atoms with Crippen molar-refractivity contribution in [2.45, 2.75) is 77.6 Å². The summed E-state index contributed by atoms with van der Waals surface area (Å²) in [7, 11) is 0. The van der Waals surface area contributed by atoms with Crippen molar-refractivity contribution in [2.24, 2.45) is 5.92 Å². The van der Waals surface area contributed by atoms with Gasteiger partial charge in [-0.05, 0) is 67.0 Å². The van der Waals surface area contributed by atoms with Crippen molar-refractivity contribution >= 4 is 11.8 Å². The van der Waals surface area contributed by atoms with Gasteiger partial charge in [-0.15, -0.1) is 0 Å². The molecule has 0 aliphatic carbocycles. The largest absolute Gasteiger partial charge is 0.457 e. The smallest absolute Gasteiger partial charge is 0.246 e. The van der Waals surface area contributed by atoms with Gasteiger partial charge in [0.1, 0.15) is 23.1 Å². The highest BCUT2D eigenvalue weighted by Gasteiger charge is 2.53. The first-order valence-electron chi connectivity index (χ1n) is 13.7. The Morgan fingerprint density at radius 2 is 1.78 bits per heavy atom. The molecule has 0 saturated carbocycles. The molecule has 2 amide bonds. The molecule has 0 bridgehead atoms. The lowest BCUT2D eigenvalue weighted by atomic mass is 9.80. The summed E-state index contributed by atoms with van der Waals surface area (Å²) in [6.45, 7) is 9.26. The van der Waals surface area contributed by atoms with E-state index in [0.29, 0.717) is 37.5 Å². The maximum absolute atomic E-state index is 13.4. The lowest BCUT2D eigenvalue weighted by molar-refractivity contribution is -0.161. The van der Waals surface area contributed by atoms with Crippen LogP contribution in [-0.4, -0.2) is 57.9 Å². The Bertz CT molecular complexity index is 1060. The number of aliphatic hydroxyl groups is 1. The summed E-state index contributed by atoms with van der Waals surface area (Å²) in [6.07, 6.45) is 3.91. The summed E-state index contributed by atoms with van der Waals surface area (Å²) in [5.74, 6) is 1.91. The van der Waals surface area contributed by atoms with Crippen LogP contribution in [0.15, 0.2) is 48.5 Å². The van der Waals surface area contributed by atoms with Crippen molar-refractivity contribution in [3.8, 4) is 11.5 Å². The number of likely N-dealkylation sites (tertiary alicyclic amines) is 1. The van der Waals surface area contributed by atoms with Crippen molar-refractivity contribution in [3.05, 3.63) is 59.7 Å². The number of ether oxygens (including phenoxy) is 1. The van der Waals surface area contributed by atoms with Crippen LogP contribution in [0.1, 0.15) is 64.0 Å². The van der Waals surface area contributed by atoms with Crippen LogP contribution in [0.25, 0.3) is 0 Å². The highest BCUT2D eigenvalue weighted by atomic mass is 16.5. The van der Waals surface area contributed by atoms with Crippen molar-refractivity contribution in [3.63, 3.8) is 0 Å². The van der Waals surface area contributed by atoms with Gasteiger partial charge in [0.25, 0.3) is 0 Å². The van der Waals surface area contributed by atoms with Gasteiger partial charge in [0.05, 0.1) is 6.61 Å². The van der Waals surface area contributed by atoms with Gasteiger partial charge in [0.2, 0.25) is 11.8 Å². The molecule has 37 heavy (non-hydrogen) atoms. The fraction of sp³-hybridized carbons (Fsp3) is 0.533. The average Bonchev–Trinajstić information content (AvgIpc) is 2.89. The number of rotatable bonds is 10. The van der Waals surface area contributed by atoms with Crippen LogP contribution in [0.3, 0.4) is 0 Å². The SMILES string of the molecule is CCCCN1C(=O)[C@H](CC(C)C)NC(=O)C12CCN(Cc1ccc(Oc3cccc(CO)c3)cc1)CC2. The van der Waals surface area contributed by atoms with E-state index < -0.39 is 11.6 Å². The minimum Gasteiger partial charge on any atom is -0.457 e. The van der Waals surface area contributed by atoms with E-state index >= 15 is 0 Å². The Kier molecular flexibility index (Phi) is 8.87. The predicted octanol–water partition coefficient (Wildman–Crippen LogP) is 4.48. The van der Waals surface area contributed by atoms with Crippen LogP contribution in [-0.2, 0) is 22.7 Å². The first-order chi connectivity index (χ1) is 17.8. The molecule has 0 unspecified atom stereocenters. The molecule has 2 aliphatic heterocycles. The maximum Gasteiger partial charge on any atom is 0.246 e. The quantitative estimate of drug-likeness (QED) is 0.496. The Morgan fingerprint density at radius 1 is 1.05 bits per heavy atom. The molecule has 4 rings (SSSR count). The van der Waals surface area contributed by atoms with Crippen LogP contribution >= 0.6 is 0 Å². The molecule has 2 aromatic rings. The molecular formula is C30H41N3O4. The number of piperidine rings is 1. The molecule has 2 saturated heterocycles. The average molecular weight is 508 g/mol. The third-order valence-corrected chi connectivity index (χ3v) is 7.58. The van der Waals surface area contributed by atoms with Gasteiger partial charge in [-0.1, -0.05) is 51.5 Å². The van der Waals surface area contributed by atoms with Crippen molar-refractivity contribution in [1.29, 1.82) is 0 Å². The fourth-order valence-corrected chi connectivity index (χ4v) is 5.49. The zero-order valence-electron chi connectivity index (χ0n) is 22.4. The van der Waals surface area contributed by atoms with Crippen LogP contribution in [0.2, 0.25) is 0 Å². The van der Waals surface area contributed by atoms with E-state index in [1.54, 1.807) is 0 Å². The molecule has 200 valence electrons. The molecule has 2 fully saturated rings. The lowest BCUT2D eigenvalue weighted by Crippen LogP contribution is -2.73. The number of nitrogens with one attached hydrogen (secondary N) is 1. The van der Waals surface area contributed by atoms with Gasteiger partial charge in [0, 0.05) is 26.2 Å². The Hall–Kier alpha value is -2.90. The van der Waals surface area contributed by atoms with E-state index in [1.807, 2.05) is 41.3 Å². The molecule has 2 N–H and O–H groups in total. The van der Waals surface area contributed by atoms with Crippen molar-refractivity contribution in [1.82, 2.24) is 15.1 Å². The number of nitrogens with zero attached hydrogens (tertiary/aromatic N) is 2. The first-order valence-corrected chi connectivity index (χ1v) is 13.7. The van der Waals surface area contributed by atoms with Crippen molar-refractivity contribution in [2.75, 3.05) is 19.6 Å². The second kappa shape index (κ2) is 12.1. The van der Waals surface area contributed by atoms with Crippen LogP contribution in [0.4, 0.5) is 0 Å². The summed E-state index contributed by atoms with van der Waals surface area (Å²) in [6, 6.07) is 15.1. The summed E-state index contributed by atoms with van der Waals surface area (Å²) < 4.78 is 5.93. The Balaban J connectivity index is 1.38. The molecule has 2 aromatic carbocycles. The molecule has 1 atom stereocenters. The number of unbranched alkanes of at least 4 members (excludes halogenated alkanes) is 1. The third-order valence-electron chi connectivity index (χ3n) is 7.58. The van der Waals surface area contributed by atoms with E-state index in [0.717, 1.165) is 43.8 Å². The van der Waals surface area contributed by atoms with E-state index in [1.165, 1.54) is 5.56 Å². The molecule has 1 spiro atoms. The van der Waals surface area contributed by atoms with Gasteiger partial charge in [-0.2, -0.15) is 0 Å². The number of benzene rings is 2. The molecule has 2 aliphatic rings. The number of amides is 2. The highest BCUT2D eigenvalue weighted by molar-refractivity contribution is 6.00. The van der Waals surface area contributed by atoms with E-state index in [4.69, 9.17) is 4.74 Å². The Morgan fingerprint density at radius 3 is 2.43 bits per heavy atom. The fourth-order valence-electron chi connectivity index (χ4n) is 5.49. The molecule has 7 nitrogen and oxygen atoms in total. The number of piperazine rings is 1. The summed E-state index contributed by atoms with van der Waals surface area (Å²) in [5.41, 5.74) is 1.27. The van der Waals surface area contributed by atoms with Crippen LogP contribution < -0.4 is 10.1 Å². The highest BCUT2D eigenvalue weighted by Crippen LogP contribution is 2.35. The van der Waals surface area contributed by atoms with Gasteiger partial charge in [-0.3, -0.25) is 14.5 Å². The second-order valence-corrected chi connectivity index (χ2v) is 10.9. The number of carbonyl (C=O) groups excluding carboxylic acids is 2. The second-order valence-electron chi connectivity index (χ2n) is 10.9. The maximum atomic E-state index is 13.4. The minimum atomic E-state index is -0.725. The van der Waals surface area contributed by atoms with E-state index in [2.05, 4.69) is 43.1 Å². The van der Waals surface area contributed by atoms with E-state index in [-0.39, 0.29) is 18.4 Å². The Labute approximate surface area is 220 Å². The molecule has 7 heteroatoms. The molecule has 0 radical (unpaired) electrons. The van der Waals surface area contributed by atoms with Gasteiger partial charge < -0.3 is 20.1 Å². The van der Waals surface area contributed by atoms with Gasteiger partial charge in [0.15, 0.2) is 0 Å². The normalized spacial score (nSPS) is 19.9. The lowest BCUT2D eigenvalue weighted by Gasteiger charge is -2.52. The number of carbonyl (C=O) groups is 2.